The first-order chi connectivity index (χ1) is 14.2. The van der Waals surface area contributed by atoms with Crippen LogP contribution in [0.3, 0.4) is 0 Å². The fraction of sp³-hybridized carbons (Fsp3) is 0.278. The Morgan fingerprint density at radius 2 is 1.68 bits per heavy atom. The number of sulfonamides is 1. The van der Waals surface area contributed by atoms with Gasteiger partial charge in [-0.2, -0.15) is 26.3 Å². The smallest absolute Gasteiger partial charge is 0.330 e. The Morgan fingerprint density at radius 1 is 1.00 bits per heavy atom. The molecule has 1 amide bonds. The highest BCUT2D eigenvalue weighted by Gasteiger charge is 2.43. The molecular formula is C18H13ClF6N2O3S. The number of carbonyl (C=O) groups is 1. The molecule has 2 aromatic rings. The van der Waals surface area contributed by atoms with Gasteiger partial charge in [0.05, 0.1) is 15.5 Å². The first-order valence-electron chi connectivity index (χ1n) is 8.56. The van der Waals surface area contributed by atoms with Gasteiger partial charge in [0.1, 0.15) is 0 Å². The Hall–Kier alpha value is -2.47. The van der Waals surface area contributed by atoms with E-state index in [4.69, 9.17) is 11.6 Å². The molecule has 1 aliphatic heterocycles. The first-order valence-corrected chi connectivity index (χ1v) is 10.4. The molecule has 0 atom stereocenters. The Kier molecular flexibility index (Phi) is 5.91. The molecule has 0 aliphatic carbocycles. The lowest BCUT2D eigenvalue weighted by molar-refractivity contribution is -0.186. The lowest BCUT2D eigenvalue weighted by Crippen LogP contribution is -2.43. The van der Waals surface area contributed by atoms with Crippen LogP contribution in [0.1, 0.15) is 16.7 Å². The number of hydrogen-bond acceptors (Lipinski definition) is 3. The van der Waals surface area contributed by atoms with Crippen molar-refractivity contribution in [2.75, 3.05) is 11.3 Å². The van der Waals surface area contributed by atoms with Gasteiger partial charge in [0.25, 0.3) is 10.0 Å². The molecule has 0 saturated heterocycles. The third-order valence-electron chi connectivity index (χ3n) is 4.55. The molecule has 1 aliphatic rings. The van der Waals surface area contributed by atoms with Gasteiger partial charge in [-0.3, -0.25) is 9.52 Å². The Morgan fingerprint density at radius 3 is 2.29 bits per heavy atom. The SMILES string of the molecule is O=C(N1CCc2ccc(S(=O)(=O)Nc3ccc(Cl)c(C(F)(F)F)c3)cc2C1)C(F)(F)F. The molecule has 1 N–H and O–H groups in total. The lowest BCUT2D eigenvalue weighted by Gasteiger charge is -2.29. The van der Waals surface area contributed by atoms with Crippen LogP contribution in [0.15, 0.2) is 41.3 Å². The van der Waals surface area contributed by atoms with E-state index in [2.05, 4.69) is 0 Å². The molecule has 2 aromatic carbocycles. The zero-order valence-corrected chi connectivity index (χ0v) is 16.9. The molecule has 13 heteroatoms. The number of benzene rings is 2. The minimum Gasteiger partial charge on any atom is -0.330 e. The van der Waals surface area contributed by atoms with E-state index in [1.165, 1.54) is 12.1 Å². The van der Waals surface area contributed by atoms with E-state index in [1.54, 1.807) is 0 Å². The number of hydrogen-bond donors (Lipinski definition) is 1. The topological polar surface area (TPSA) is 66.5 Å². The number of fused-ring (bicyclic) bond motifs is 1. The summed E-state index contributed by atoms with van der Waals surface area (Å²) < 4.78 is 104. The Labute approximate surface area is 177 Å². The average Bonchev–Trinajstić information content (AvgIpc) is 2.66. The first kappa shape index (κ1) is 23.2. The molecule has 5 nitrogen and oxygen atoms in total. The normalized spacial score (nSPS) is 14.9. The van der Waals surface area contributed by atoms with Crippen LogP contribution in [0.25, 0.3) is 0 Å². The highest BCUT2D eigenvalue weighted by atomic mass is 35.5. The predicted octanol–water partition coefficient (Wildman–Crippen LogP) is 4.61. The van der Waals surface area contributed by atoms with Crippen LogP contribution >= 0.6 is 11.6 Å². The number of carbonyl (C=O) groups excluding carboxylic acids is 1. The third kappa shape index (κ3) is 5.06. The van der Waals surface area contributed by atoms with E-state index in [-0.39, 0.29) is 23.4 Å². The third-order valence-corrected chi connectivity index (χ3v) is 6.26. The lowest BCUT2D eigenvalue weighted by atomic mass is 10.00. The van der Waals surface area contributed by atoms with Crippen molar-refractivity contribution in [2.45, 2.75) is 30.2 Å². The van der Waals surface area contributed by atoms with Crippen molar-refractivity contribution in [3.63, 3.8) is 0 Å². The number of amides is 1. The highest BCUT2D eigenvalue weighted by Crippen LogP contribution is 2.36. The molecule has 1 heterocycles. The molecule has 31 heavy (non-hydrogen) atoms. The van der Waals surface area contributed by atoms with E-state index >= 15 is 0 Å². The molecule has 0 fully saturated rings. The number of halogens is 7. The molecule has 0 unspecified atom stereocenters. The standard InChI is InChI=1S/C18H13ClF6N2O3S/c19-15-4-2-12(8-14(15)17(20,21)22)26-31(29,30)13-3-1-10-5-6-27(9-11(10)7-13)16(28)18(23,24)25/h1-4,7-8,26H,5-6,9H2. The average molecular weight is 487 g/mol. The quantitative estimate of drug-likeness (QED) is 0.645. The van der Waals surface area contributed by atoms with Crippen LogP contribution in [-0.2, 0) is 34.0 Å². The maximum atomic E-state index is 13.0. The highest BCUT2D eigenvalue weighted by molar-refractivity contribution is 7.92. The number of nitrogens with zero attached hydrogens (tertiary/aromatic N) is 1. The fourth-order valence-electron chi connectivity index (χ4n) is 3.07. The summed E-state index contributed by atoms with van der Waals surface area (Å²) in [7, 11) is -4.37. The predicted molar refractivity (Wildman–Crippen MR) is 98.9 cm³/mol. The van der Waals surface area contributed by atoms with Crippen molar-refractivity contribution in [1.82, 2.24) is 4.90 Å². The largest absolute Gasteiger partial charge is 0.471 e. The molecule has 0 aromatic heterocycles. The van der Waals surface area contributed by atoms with E-state index < -0.39 is 51.1 Å². The summed E-state index contributed by atoms with van der Waals surface area (Å²) in [4.78, 5) is 11.6. The van der Waals surface area contributed by atoms with Crippen LogP contribution in [-0.4, -0.2) is 31.9 Å². The number of nitrogens with one attached hydrogen (secondary N) is 1. The van der Waals surface area contributed by atoms with E-state index in [0.29, 0.717) is 16.5 Å². The van der Waals surface area contributed by atoms with Crippen molar-refractivity contribution in [3.8, 4) is 0 Å². The van der Waals surface area contributed by atoms with Gasteiger partial charge in [-0.25, -0.2) is 8.42 Å². The zero-order valence-electron chi connectivity index (χ0n) is 15.3. The van der Waals surface area contributed by atoms with Crippen LogP contribution in [0.4, 0.5) is 32.0 Å². The summed E-state index contributed by atoms with van der Waals surface area (Å²) in [6, 6.07) is 6.12. The number of alkyl halides is 6. The maximum Gasteiger partial charge on any atom is 0.471 e. The van der Waals surface area contributed by atoms with Crippen LogP contribution in [0.2, 0.25) is 5.02 Å². The second kappa shape index (κ2) is 7.90. The van der Waals surface area contributed by atoms with Gasteiger partial charge in [0, 0.05) is 18.8 Å². The van der Waals surface area contributed by atoms with Crippen LogP contribution < -0.4 is 4.72 Å². The van der Waals surface area contributed by atoms with Crippen molar-refractivity contribution >= 4 is 33.2 Å². The molecular weight excluding hydrogens is 474 g/mol. The van der Waals surface area contributed by atoms with Gasteiger partial charge in [0.15, 0.2) is 0 Å². The second-order valence-corrected chi connectivity index (χ2v) is 8.79. The fourth-order valence-corrected chi connectivity index (χ4v) is 4.40. The summed E-state index contributed by atoms with van der Waals surface area (Å²) in [6.45, 7) is -0.628. The summed E-state index contributed by atoms with van der Waals surface area (Å²) >= 11 is 5.51. The minimum absolute atomic E-state index is 0.0943. The van der Waals surface area contributed by atoms with E-state index in [1.807, 2.05) is 4.72 Å². The van der Waals surface area contributed by atoms with Crippen LogP contribution in [0, 0.1) is 0 Å². The van der Waals surface area contributed by atoms with Crippen molar-refractivity contribution < 1.29 is 39.6 Å². The van der Waals surface area contributed by atoms with E-state index in [0.717, 1.165) is 18.2 Å². The number of anilines is 1. The van der Waals surface area contributed by atoms with Gasteiger partial charge >= 0.3 is 18.3 Å². The molecule has 3 rings (SSSR count). The second-order valence-electron chi connectivity index (χ2n) is 6.70. The van der Waals surface area contributed by atoms with Crippen molar-refractivity contribution in [2.24, 2.45) is 0 Å². The molecule has 0 bridgehead atoms. The zero-order chi connectivity index (χ0) is 23.2. The van der Waals surface area contributed by atoms with Crippen molar-refractivity contribution in [3.05, 3.63) is 58.1 Å². The van der Waals surface area contributed by atoms with Crippen LogP contribution in [0.5, 0.6) is 0 Å². The van der Waals surface area contributed by atoms with Crippen molar-refractivity contribution in [1.29, 1.82) is 0 Å². The summed E-state index contributed by atoms with van der Waals surface area (Å²) in [6.07, 6.45) is -9.77. The monoisotopic (exact) mass is 486 g/mol. The Balaban J connectivity index is 1.88. The maximum absolute atomic E-state index is 13.0. The summed E-state index contributed by atoms with van der Waals surface area (Å²) in [5, 5.41) is -0.612. The summed E-state index contributed by atoms with van der Waals surface area (Å²) in [5.41, 5.74) is -0.876. The van der Waals surface area contributed by atoms with Gasteiger partial charge in [-0.05, 0) is 47.9 Å². The van der Waals surface area contributed by atoms with Gasteiger partial charge in [0.2, 0.25) is 0 Å². The molecule has 0 saturated carbocycles. The number of rotatable bonds is 3. The minimum atomic E-state index is -5.06. The van der Waals surface area contributed by atoms with Gasteiger partial charge < -0.3 is 4.90 Å². The Bertz CT molecular complexity index is 1130. The molecule has 168 valence electrons. The van der Waals surface area contributed by atoms with E-state index in [9.17, 15) is 39.6 Å². The van der Waals surface area contributed by atoms with Gasteiger partial charge in [-0.15, -0.1) is 0 Å². The molecule has 0 spiro atoms. The van der Waals surface area contributed by atoms with Gasteiger partial charge in [-0.1, -0.05) is 17.7 Å². The molecule has 0 radical (unpaired) electrons. The summed E-state index contributed by atoms with van der Waals surface area (Å²) in [5.74, 6) is -2.04.